The molecule has 0 aromatic heterocycles. The molecule has 114 valence electrons. The zero-order valence-corrected chi connectivity index (χ0v) is 15.8. The number of hydrogen-bond donors (Lipinski definition) is 1. The van der Waals surface area contributed by atoms with Gasteiger partial charge in [-0.25, -0.2) is 0 Å². The molecule has 0 spiro atoms. The molecule has 1 N–H and O–H groups in total. The van der Waals surface area contributed by atoms with E-state index in [4.69, 9.17) is 0 Å². The van der Waals surface area contributed by atoms with Crippen molar-refractivity contribution in [3.05, 3.63) is 24.3 Å². The van der Waals surface area contributed by atoms with E-state index < -0.39 is 0 Å². The van der Waals surface area contributed by atoms with E-state index in [0.717, 1.165) is 40.5 Å². The summed E-state index contributed by atoms with van der Waals surface area (Å²) in [4.78, 5) is 12.3. The van der Waals surface area contributed by atoms with Gasteiger partial charge in [-0.3, -0.25) is 4.79 Å². The molecule has 0 aliphatic heterocycles. The Hall–Kier alpha value is -0.270. The van der Waals surface area contributed by atoms with E-state index in [-0.39, 0.29) is 29.9 Å². The van der Waals surface area contributed by atoms with Crippen LogP contribution in [0.2, 0.25) is 0 Å². The molecule has 0 atom stereocenters. The van der Waals surface area contributed by atoms with Gasteiger partial charge in [0.1, 0.15) is 0 Å². The third kappa shape index (κ3) is 6.45. The first kappa shape index (κ1) is 19.7. The highest BCUT2D eigenvalue weighted by Crippen LogP contribution is 2.27. The summed E-state index contributed by atoms with van der Waals surface area (Å²) in [6.45, 7) is 9.48. The van der Waals surface area contributed by atoms with Gasteiger partial charge in [0.2, 0.25) is 5.91 Å². The average Bonchev–Trinajstić information content (AvgIpc) is 2.40. The number of quaternary nitrogens is 1. The summed E-state index contributed by atoms with van der Waals surface area (Å²) >= 11 is 1.82. The van der Waals surface area contributed by atoms with Crippen molar-refractivity contribution in [2.75, 3.05) is 37.8 Å². The van der Waals surface area contributed by atoms with Crippen molar-refractivity contribution < 1.29 is 33.3 Å². The lowest BCUT2D eigenvalue weighted by molar-refractivity contribution is -0.903. The number of nitrogens with zero attached hydrogens (tertiary/aromatic N) is 1. The maximum absolute atomic E-state index is 11.2. The van der Waals surface area contributed by atoms with Crippen LogP contribution in [-0.4, -0.2) is 42.8 Å². The van der Waals surface area contributed by atoms with Gasteiger partial charge in [-0.1, -0.05) is 12.1 Å². The van der Waals surface area contributed by atoms with Gasteiger partial charge in [-0.2, -0.15) is 0 Å². The zero-order valence-electron chi connectivity index (χ0n) is 12.8. The van der Waals surface area contributed by atoms with E-state index >= 15 is 0 Å². The van der Waals surface area contributed by atoms with E-state index in [1.165, 1.54) is 0 Å². The van der Waals surface area contributed by atoms with Crippen molar-refractivity contribution >= 4 is 23.4 Å². The molecule has 1 aromatic rings. The fourth-order valence-electron chi connectivity index (χ4n) is 1.80. The third-order valence-electron chi connectivity index (χ3n) is 3.61. The topological polar surface area (TPSA) is 29.1 Å². The Morgan fingerprint density at radius 2 is 1.85 bits per heavy atom. The van der Waals surface area contributed by atoms with Gasteiger partial charge in [0.05, 0.1) is 32.4 Å². The molecule has 1 rings (SSSR count). The van der Waals surface area contributed by atoms with Crippen molar-refractivity contribution in [3.8, 4) is 0 Å². The summed E-state index contributed by atoms with van der Waals surface area (Å²) < 4.78 is 1.09. The van der Waals surface area contributed by atoms with E-state index in [1.807, 2.05) is 30.0 Å². The summed E-state index contributed by atoms with van der Waals surface area (Å²) in [6.07, 6.45) is 0. The number of rotatable bonds is 7. The monoisotopic (exact) mass is 408 g/mol. The molecule has 0 fully saturated rings. The summed E-state index contributed by atoms with van der Waals surface area (Å²) in [5.74, 6) is 1.05. The lowest BCUT2D eigenvalue weighted by Crippen LogP contribution is -3.00. The molecule has 1 amide bonds. The predicted molar refractivity (Wildman–Crippen MR) is 83.6 cm³/mol. The molecule has 0 heterocycles. The second-order valence-corrected chi connectivity index (χ2v) is 6.14. The average molecular weight is 408 g/mol. The number of anilines is 1. The number of hydrogen-bond acceptors (Lipinski definition) is 2. The van der Waals surface area contributed by atoms with Crippen LogP contribution in [-0.2, 0) is 4.79 Å². The SMILES string of the molecule is CC[N+](C)(CC)CCSc1ccccc1NC(C)=O.[I-]. The second-order valence-electron chi connectivity index (χ2n) is 5.00. The highest BCUT2D eigenvalue weighted by Gasteiger charge is 2.16. The molecule has 0 saturated carbocycles. The summed E-state index contributed by atoms with van der Waals surface area (Å²) in [5.41, 5.74) is 0.919. The molecule has 3 nitrogen and oxygen atoms in total. The number of carbonyl (C=O) groups excluding carboxylic acids is 1. The van der Waals surface area contributed by atoms with Crippen LogP contribution in [0.5, 0.6) is 0 Å². The van der Waals surface area contributed by atoms with Gasteiger partial charge < -0.3 is 33.8 Å². The number of amides is 1. The quantitative estimate of drug-likeness (QED) is 0.398. The Morgan fingerprint density at radius 3 is 2.40 bits per heavy atom. The number of benzene rings is 1. The molecule has 0 unspecified atom stereocenters. The molecule has 0 bridgehead atoms. The molecule has 5 heteroatoms. The van der Waals surface area contributed by atoms with Gasteiger partial charge in [0.15, 0.2) is 0 Å². The standard InChI is InChI=1S/C15H24N2OS.HI/c1-5-17(4,6-2)11-12-19-15-10-8-7-9-14(15)16-13(3)18;/h7-10H,5-6,11-12H2,1-4H3;1H. The number of thioether (sulfide) groups is 1. The molecule has 20 heavy (non-hydrogen) atoms. The number of para-hydroxylation sites is 1. The Labute approximate surface area is 144 Å². The Morgan fingerprint density at radius 1 is 1.25 bits per heavy atom. The lowest BCUT2D eigenvalue weighted by atomic mass is 10.3. The fraction of sp³-hybridized carbons (Fsp3) is 0.533. The smallest absolute Gasteiger partial charge is 0.221 e. The maximum atomic E-state index is 11.2. The molecule has 0 saturated heterocycles. The summed E-state index contributed by atoms with van der Waals surface area (Å²) in [6, 6.07) is 7.99. The first-order chi connectivity index (χ1) is 9.00. The number of carbonyl (C=O) groups is 1. The van der Waals surface area contributed by atoms with Crippen LogP contribution < -0.4 is 29.3 Å². The molecular weight excluding hydrogens is 383 g/mol. The van der Waals surface area contributed by atoms with Gasteiger partial charge in [-0.05, 0) is 26.0 Å². The fourth-order valence-corrected chi connectivity index (χ4v) is 3.00. The molecule has 0 aliphatic rings. The Bertz CT molecular complexity index is 422. The predicted octanol–water partition coefficient (Wildman–Crippen LogP) is 0.228. The molecule has 0 aliphatic carbocycles. The van der Waals surface area contributed by atoms with Crippen LogP contribution in [0, 0.1) is 0 Å². The zero-order chi connectivity index (χ0) is 14.3. The Kier molecular flexibility index (Phi) is 9.50. The van der Waals surface area contributed by atoms with Crippen LogP contribution in [0.15, 0.2) is 29.2 Å². The van der Waals surface area contributed by atoms with E-state index in [0.29, 0.717) is 0 Å². The van der Waals surface area contributed by atoms with E-state index in [9.17, 15) is 4.79 Å². The minimum atomic E-state index is -0.0178. The van der Waals surface area contributed by atoms with Crippen LogP contribution in [0.3, 0.4) is 0 Å². The van der Waals surface area contributed by atoms with Gasteiger partial charge in [0, 0.05) is 17.6 Å². The van der Waals surface area contributed by atoms with E-state index in [1.54, 1.807) is 6.92 Å². The minimum Gasteiger partial charge on any atom is -1.00 e. The van der Waals surface area contributed by atoms with Crippen molar-refractivity contribution in [1.82, 2.24) is 0 Å². The van der Waals surface area contributed by atoms with Crippen LogP contribution in [0.4, 0.5) is 5.69 Å². The van der Waals surface area contributed by atoms with Crippen molar-refractivity contribution in [2.24, 2.45) is 0 Å². The van der Waals surface area contributed by atoms with Crippen molar-refractivity contribution in [1.29, 1.82) is 0 Å². The van der Waals surface area contributed by atoms with Gasteiger partial charge >= 0.3 is 0 Å². The van der Waals surface area contributed by atoms with Crippen molar-refractivity contribution in [2.45, 2.75) is 25.7 Å². The van der Waals surface area contributed by atoms with Crippen molar-refractivity contribution in [3.63, 3.8) is 0 Å². The highest BCUT2D eigenvalue weighted by molar-refractivity contribution is 7.99. The summed E-state index contributed by atoms with van der Waals surface area (Å²) in [7, 11) is 2.29. The maximum Gasteiger partial charge on any atom is 0.221 e. The van der Waals surface area contributed by atoms with Crippen LogP contribution in [0.25, 0.3) is 0 Å². The normalized spacial score (nSPS) is 10.8. The summed E-state index contributed by atoms with van der Waals surface area (Å²) in [5, 5.41) is 2.88. The van der Waals surface area contributed by atoms with Crippen LogP contribution in [0.1, 0.15) is 20.8 Å². The lowest BCUT2D eigenvalue weighted by Gasteiger charge is -2.32. The molecular formula is C15H25IN2OS. The highest BCUT2D eigenvalue weighted by atomic mass is 127. The van der Waals surface area contributed by atoms with E-state index in [2.05, 4.69) is 32.3 Å². The minimum absolute atomic E-state index is 0. The number of nitrogens with one attached hydrogen (secondary N) is 1. The number of halogens is 1. The molecule has 0 radical (unpaired) electrons. The van der Waals surface area contributed by atoms with Gasteiger partial charge in [-0.15, -0.1) is 11.8 Å². The first-order valence-electron chi connectivity index (χ1n) is 6.83. The Balaban J connectivity index is 0.00000361. The largest absolute Gasteiger partial charge is 1.00 e. The first-order valence-corrected chi connectivity index (χ1v) is 7.82. The van der Waals surface area contributed by atoms with Crippen LogP contribution >= 0.6 is 11.8 Å². The van der Waals surface area contributed by atoms with Gasteiger partial charge in [0.25, 0.3) is 0 Å². The second kappa shape index (κ2) is 9.63. The molecule has 1 aromatic carbocycles. The third-order valence-corrected chi connectivity index (χ3v) is 4.67.